The Morgan fingerprint density at radius 3 is 1.95 bits per heavy atom. The van der Waals surface area contributed by atoms with Gasteiger partial charge in [-0.25, -0.2) is 4.79 Å². The van der Waals surface area contributed by atoms with Crippen LogP contribution >= 0.6 is 0 Å². The van der Waals surface area contributed by atoms with E-state index >= 15 is 0 Å². The number of ketones is 1. The smallest absolute Gasteiger partial charge is 0.417 e. The number of carboxylic acids is 1. The third-order valence-electron chi connectivity index (χ3n) is 2.27. The van der Waals surface area contributed by atoms with Gasteiger partial charge in [-0.3, -0.25) is 4.79 Å². The highest BCUT2D eigenvalue weighted by atomic mass is 19.4. The summed E-state index contributed by atoms with van der Waals surface area (Å²) in [5, 5.41) is 8.53. The number of hydrogen-bond donors (Lipinski definition) is 1. The van der Waals surface area contributed by atoms with E-state index in [-0.39, 0.29) is 11.5 Å². The summed E-state index contributed by atoms with van der Waals surface area (Å²) in [6.07, 6.45) is -4.89. The van der Waals surface area contributed by atoms with Crippen molar-refractivity contribution in [2.75, 3.05) is 14.2 Å². The molecule has 0 amide bonds. The Hall–Kier alpha value is -2.25. The van der Waals surface area contributed by atoms with E-state index in [1.54, 1.807) is 0 Å². The average molecular weight is 278 g/mol. The van der Waals surface area contributed by atoms with Gasteiger partial charge in [0, 0.05) is 5.56 Å². The van der Waals surface area contributed by atoms with Crippen molar-refractivity contribution in [1.29, 1.82) is 0 Å². The van der Waals surface area contributed by atoms with Gasteiger partial charge in [0.1, 0.15) is 0 Å². The van der Waals surface area contributed by atoms with E-state index in [9.17, 15) is 22.8 Å². The number of carboxylic acid groups (broad SMARTS) is 1. The molecule has 0 spiro atoms. The molecule has 0 aliphatic carbocycles. The third kappa shape index (κ3) is 2.95. The van der Waals surface area contributed by atoms with E-state index in [2.05, 4.69) is 4.74 Å². The van der Waals surface area contributed by atoms with Crippen molar-refractivity contribution in [3.05, 3.63) is 23.3 Å². The van der Waals surface area contributed by atoms with Crippen LogP contribution in [0.25, 0.3) is 0 Å². The number of ether oxygens (including phenoxy) is 2. The molecule has 0 saturated carbocycles. The Morgan fingerprint density at radius 1 is 1.11 bits per heavy atom. The Bertz CT molecular complexity index is 522. The number of Topliss-reactive ketones (excluding diaryl/α,β-unsaturated/α-hetero) is 1. The molecule has 0 bridgehead atoms. The maximum atomic E-state index is 12.8. The lowest BCUT2D eigenvalue weighted by molar-refractivity contribution is -0.138. The lowest BCUT2D eigenvalue weighted by atomic mass is 10.0. The Labute approximate surface area is 105 Å². The Morgan fingerprint density at radius 2 is 1.58 bits per heavy atom. The maximum Gasteiger partial charge on any atom is 0.417 e. The van der Waals surface area contributed by atoms with Crippen LogP contribution in [0.3, 0.4) is 0 Å². The molecule has 5 nitrogen and oxygen atoms in total. The Balaban J connectivity index is 3.58. The van der Waals surface area contributed by atoms with Gasteiger partial charge in [0.2, 0.25) is 0 Å². The highest BCUT2D eigenvalue weighted by molar-refractivity contribution is 6.40. The van der Waals surface area contributed by atoms with Gasteiger partial charge < -0.3 is 14.6 Å². The molecule has 1 N–H and O–H groups in total. The molecule has 0 heterocycles. The molecule has 1 aromatic carbocycles. The minimum atomic E-state index is -4.89. The van der Waals surface area contributed by atoms with Gasteiger partial charge in [0.05, 0.1) is 19.8 Å². The fraction of sp³-hybridized carbons (Fsp3) is 0.273. The summed E-state index contributed by atoms with van der Waals surface area (Å²) in [6, 6.07) is 1.22. The summed E-state index contributed by atoms with van der Waals surface area (Å²) < 4.78 is 47.8. The van der Waals surface area contributed by atoms with Gasteiger partial charge in [-0.1, -0.05) is 0 Å². The maximum absolute atomic E-state index is 12.8. The van der Waals surface area contributed by atoms with E-state index in [0.29, 0.717) is 12.1 Å². The zero-order valence-electron chi connectivity index (χ0n) is 9.87. The van der Waals surface area contributed by atoms with Crippen LogP contribution in [-0.4, -0.2) is 31.1 Å². The molecule has 8 heteroatoms. The predicted octanol–water partition coefficient (Wildman–Crippen LogP) is 1.99. The standard InChI is InChI=1S/C11H9F3O5/c1-18-7-3-5(9(15)10(16)17)6(11(12,13)14)4-8(7)19-2/h3-4H,1-2H3,(H,16,17). The lowest BCUT2D eigenvalue weighted by Gasteiger charge is -2.15. The van der Waals surface area contributed by atoms with Crippen LogP contribution in [0.15, 0.2) is 12.1 Å². The fourth-order valence-corrected chi connectivity index (χ4v) is 1.42. The fourth-order valence-electron chi connectivity index (χ4n) is 1.42. The molecule has 0 saturated heterocycles. The number of alkyl halides is 3. The number of halogens is 3. The first kappa shape index (κ1) is 14.8. The first-order valence-corrected chi connectivity index (χ1v) is 4.83. The Kier molecular flexibility index (Phi) is 4.03. The van der Waals surface area contributed by atoms with Crippen molar-refractivity contribution >= 4 is 11.8 Å². The second kappa shape index (κ2) is 5.17. The molecule has 0 atom stereocenters. The predicted molar refractivity (Wildman–Crippen MR) is 56.5 cm³/mol. The second-order valence-corrected chi connectivity index (χ2v) is 3.38. The van der Waals surface area contributed by atoms with Crippen LogP contribution in [0.5, 0.6) is 11.5 Å². The second-order valence-electron chi connectivity index (χ2n) is 3.38. The van der Waals surface area contributed by atoms with Crippen molar-refractivity contribution < 1.29 is 37.3 Å². The van der Waals surface area contributed by atoms with E-state index < -0.39 is 29.1 Å². The summed E-state index contributed by atoms with van der Waals surface area (Å²) >= 11 is 0. The third-order valence-corrected chi connectivity index (χ3v) is 2.27. The molecule has 1 rings (SSSR count). The van der Waals surface area contributed by atoms with Crippen molar-refractivity contribution in [3.8, 4) is 11.5 Å². The number of rotatable bonds is 4. The topological polar surface area (TPSA) is 72.8 Å². The SMILES string of the molecule is COc1cc(C(=O)C(=O)O)c(C(F)(F)F)cc1OC. The van der Waals surface area contributed by atoms with E-state index in [1.165, 1.54) is 0 Å². The molecular weight excluding hydrogens is 269 g/mol. The van der Waals surface area contributed by atoms with Crippen molar-refractivity contribution in [2.45, 2.75) is 6.18 Å². The van der Waals surface area contributed by atoms with Gasteiger partial charge in [0.15, 0.2) is 11.5 Å². The van der Waals surface area contributed by atoms with Gasteiger partial charge in [-0.2, -0.15) is 13.2 Å². The van der Waals surface area contributed by atoms with E-state index in [1.807, 2.05) is 0 Å². The van der Waals surface area contributed by atoms with Crippen LogP contribution < -0.4 is 9.47 Å². The van der Waals surface area contributed by atoms with Gasteiger partial charge in [-0.05, 0) is 12.1 Å². The van der Waals surface area contributed by atoms with Gasteiger partial charge in [-0.15, -0.1) is 0 Å². The van der Waals surface area contributed by atoms with Gasteiger partial charge >= 0.3 is 12.1 Å². The summed E-state index contributed by atoms with van der Waals surface area (Å²) in [6.45, 7) is 0. The molecule has 19 heavy (non-hydrogen) atoms. The number of carbonyl (C=O) groups is 2. The van der Waals surface area contributed by atoms with Crippen molar-refractivity contribution in [3.63, 3.8) is 0 Å². The summed E-state index contributed by atoms with van der Waals surface area (Å²) in [7, 11) is 2.27. The molecule has 0 aliphatic heterocycles. The van der Waals surface area contributed by atoms with Crippen LogP contribution in [0.4, 0.5) is 13.2 Å². The van der Waals surface area contributed by atoms with E-state index in [4.69, 9.17) is 9.84 Å². The number of methoxy groups -OCH3 is 2. The van der Waals surface area contributed by atoms with Crippen LogP contribution in [0.1, 0.15) is 15.9 Å². The van der Waals surface area contributed by atoms with Crippen LogP contribution in [-0.2, 0) is 11.0 Å². The zero-order chi connectivity index (χ0) is 14.8. The van der Waals surface area contributed by atoms with Crippen LogP contribution in [0.2, 0.25) is 0 Å². The average Bonchev–Trinajstić information content (AvgIpc) is 2.34. The molecular formula is C11H9F3O5. The van der Waals surface area contributed by atoms with Gasteiger partial charge in [0.25, 0.3) is 5.78 Å². The molecule has 1 aromatic rings. The molecule has 0 aromatic heterocycles. The molecule has 104 valence electrons. The number of hydrogen-bond acceptors (Lipinski definition) is 4. The largest absolute Gasteiger partial charge is 0.493 e. The highest BCUT2D eigenvalue weighted by Gasteiger charge is 2.38. The molecule has 0 aliphatic rings. The van der Waals surface area contributed by atoms with Crippen molar-refractivity contribution in [2.24, 2.45) is 0 Å². The number of carbonyl (C=O) groups excluding carboxylic acids is 1. The molecule has 0 unspecified atom stereocenters. The summed E-state index contributed by atoms with van der Waals surface area (Å²) in [4.78, 5) is 21.8. The first-order valence-electron chi connectivity index (χ1n) is 4.83. The highest BCUT2D eigenvalue weighted by Crippen LogP contribution is 2.39. The molecule has 0 fully saturated rings. The van der Waals surface area contributed by atoms with Crippen molar-refractivity contribution in [1.82, 2.24) is 0 Å². The minimum Gasteiger partial charge on any atom is -0.493 e. The lowest BCUT2D eigenvalue weighted by Crippen LogP contribution is -2.19. The first-order chi connectivity index (χ1) is 8.72. The quantitative estimate of drug-likeness (QED) is 0.673. The number of aliphatic carboxylic acids is 1. The normalized spacial score (nSPS) is 11.0. The number of benzene rings is 1. The van der Waals surface area contributed by atoms with E-state index in [0.717, 1.165) is 14.2 Å². The van der Waals surface area contributed by atoms with Crippen LogP contribution in [0, 0.1) is 0 Å². The molecule has 0 radical (unpaired) electrons. The zero-order valence-corrected chi connectivity index (χ0v) is 9.87. The summed E-state index contributed by atoms with van der Waals surface area (Å²) in [5.74, 6) is -4.08. The monoisotopic (exact) mass is 278 g/mol. The summed E-state index contributed by atoms with van der Waals surface area (Å²) in [5.41, 5.74) is -2.39. The minimum absolute atomic E-state index is 0.167.